The van der Waals surface area contributed by atoms with Crippen molar-refractivity contribution in [2.45, 2.75) is 0 Å². The molecule has 0 aliphatic carbocycles. The normalized spacial score (nSPS) is 11.3. The van der Waals surface area contributed by atoms with Crippen LogP contribution in [0.25, 0.3) is 66.1 Å². The van der Waals surface area contributed by atoms with Gasteiger partial charge in [-0.3, -0.25) is 0 Å². The molecule has 0 bridgehead atoms. The summed E-state index contributed by atoms with van der Waals surface area (Å²) in [7, 11) is 0. The zero-order valence-electron chi connectivity index (χ0n) is 26.3. The van der Waals surface area contributed by atoms with Gasteiger partial charge in [-0.05, 0) is 75.7 Å². The molecular weight excluding hydrogens is 583 g/mol. The smallest absolute Gasteiger partial charge is 0.143 e. The van der Waals surface area contributed by atoms with Crippen LogP contribution in [0.4, 0.5) is 17.1 Å². The highest BCUT2D eigenvalue weighted by Gasteiger charge is 2.17. The van der Waals surface area contributed by atoms with Crippen LogP contribution in [0.15, 0.2) is 192 Å². The van der Waals surface area contributed by atoms with E-state index in [-0.39, 0.29) is 0 Å². The van der Waals surface area contributed by atoms with E-state index in [1.807, 2.05) is 6.07 Å². The fourth-order valence-corrected chi connectivity index (χ4v) is 6.89. The van der Waals surface area contributed by atoms with E-state index in [2.05, 4.69) is 187 Å². The molecule has 0 N–H and O–H groups in total. The lowest BCUT2D eigenvalue weighted by molar-refractivity contribution is 0.670. The predicted octanol–water partition coefficient (Wildman–Crippen LogP) is 13.2. The lowest BCUT2D eigenvalue weighted by Crippen LogP contribution is -2.10. The molecule has 0 unspecified atom stereocenters. The molecule has 0 atom stereocenters. The molecule has 9 aromatic rings. The first-order chi connectivity index (χ1) is 23.8. The second-order valence-corrected chi connectivity index (χ2v) is 12.2. The summed E-state index contributed by atoms with van der Waals surface area (Å²) in [5, 5.41) is 4.68. The zero-order valence-corrected chi connectivity index (χ0v) is 26.3. The Morgan fingerprint density at radius 3 is 1.62 bits per heavy atom. The van der Waals surface area contributed by atoms with Gasteiger partial charge in [-0.15, -0.1) is 0 Å². The summed E-state index contributed by atoms with van der Waals surface area (Å²) in [6, 6.07) is 66.8. The molecule has 226 valence electrons. The molecule has 2 nitrogen and oxygen atoms in total. The van der Waals surface area contributed by atoms with Gasteiger partial charge in [0.2, 0.25) is 0 Å². The van der Waals surface area contributed by atoms with Gasteiger partial charge in [0.15, 0.2) is 0 Å². The Hall–Kier alpha value is -6.38. The highest BCUT2D eigenvalue weighted by atomic mass is 16.3. The van der Waals surface area contributed by atoms with Crippen LogP contribution in [-0.2, 0) is 0 Å². The van der Waals surface area contributed by atoms with Crippen molar-refractivity contribution in [3.05, 3.63) is 188 Å². The molecule has 0 amide bonds. The molecular formula is C46H31NO. The average molecular weight is 614 g/mol. The van der Waals surface area contributed by atoms with Crippen molar-refractivity contribution in [1.29, 1.82) is 0 Å². The third-order valence-electron chi connectivity index (χ3n) is 9.28. The highest BCUT2D eigenvalue weighted by molar-refractivity contribution is 6.10. The fraction of sp³-hybridized carbons (Fsp3) is 0. The topological polar surface area (TPSA) is 16.4 Å². The number of hydrogen-bond donors (Lipinski definition) is 0. The van der Waals surface area contributed by atoms with Crippen LogP contribution in [0.5, 0.6) is 0 Å². The van der Waals surface area contributed by atoms with E-state index in [1.165, 1.54) is 21.9 Å². The van der Waals surface area contributed by atoms with E-state index in [4.69, 9.17) is 4.42 Å². The van der Waals surface area contributed by atoms with Crippen molar-refractivity contribution in [1.82, 2.24) is 0 Å². The van der Waals surface area contributed by atoms with Gasteiger partial charge in [-0.25, -0.2) is 0 Å². The van der Waals surface area contributed by atoms with Gasteiger partial charge in [-0.2, -0.15) is 0 Å². The summed E-state index contributed by atoms with van der Waals surface area (Å²) < 4.78 is 6.44. The summed E-state index contributed by atoms with van der Waals surface area (Å²) >= 11 is 0. The van der Waals surface area contributed by atoms with Crippen LogP contribution >= 0.6 is 0 Å². The lowest BCUT2D eigenvalue weighted by atomic mass is 9.99. The second kappa shape index (κ2) is 11.8. The van der Waals surface area contributed by atoms with Crippen molar-refractivity contribution < 1.29 is 4.42 Å². The zero-order chi connectivity index (χ0) is 31.9. The summed E-state index contributed by atoms with van der Waals surface area (Å²) in [5.74, 6) is 0. The Balaban J connectivity index is 1.12. The van der Waals surface area contributed by atoms with Gasteiger partial charge < -0.3 is 9.32 Å². The predicted molar refractivity (Wildman–Crippen MR) is 202 cm³/mol. The highest BCUT2D eigenvalue weighted by Crippen LogP contribution is 2.41. The Morgan fingerprint density at radius 1 is 0.354 bits per heavy atom. The molecule has 0 saturated heterocycles. The van der Waals surface area contributed by atoms with Crippen LogP contribution in [-0.4, -0.2) is 0 Å². The maximum atomic E-state index is 6.44. The van der Waals surface area contributed by atoms with Gasteiger partial charge in [0, 0.05) is 33.1 Å². The Kier molecular flexibility index (Phi) is 6.84. The van der Waals surface area contributed by atoms with Crippen LogP contribution in [0.2, 0.25) is 0 Å². The van der Waals surface area contributed by atoms with Crippen molar-refractivity contribution in [3.63, 3.8) is 0 Å². The minimum Gasteiger partial charge on any atom is -0.455 e. The summed E-state index contributed by atoms with van der Waals surface area (Å²) in [6.07, 6.45) is 0. The van der Waals surface area contributed by atoms with E-state index in [1.54, 1.807) is 0 Å². The SMILES string of the molecule is c1ccc(-c2ccc(N(c3ccc(-c4ccc5oc6c(-c7ccccc7)cccc6c5c4)cc3)c3cccc4ccccc34)cc2)cc1. The number of furan rings is 1. The molecule has 8 aromatic carbocycles. The molecule has 48 heavy (non-hydrogen) atoms. The van der Waals surface area contributed by atoms with Gasteiger partial charge in [0.05, 0.1) is 5.69 Å². The van der Waals surface area contributed by atoms with Gasteiger partial charge >= 0.3 is 0 Å². The van der Waals surface area contributed by atoms with E-state index >= 15 is 0 Å². The maximum Gasteiger partial charge on any atom is 0.143 e. The Morgan fingerprint density at radius 2 is 0.896 bits per heavy atom. The number of rotatable bonds is 6. The van der Waals surface area contributed by atoms with Crippen molar-refractivity contribution in [2.75, 3.05) is 4.90 Å². The monoisotopic (exact) mass is 613 g/mol. The first kappa shape index (κ1) is 27.9. The minimum absolute atomic E-state index is 0.898. The number of benzene rings is 8. The molecule has 1 heterocycles. The number of anilines is 3. The lowest BCUT2D eigenvalue weighted by Gasteiger charge is -2.27. The molecule has 1 aromatic heterocycles. The fourth-order valence-electron chi connectivity index (χ4n) is 6.89. The first-order valence-corrected chi connectivity index (χ1v) is 16.3. The second-order valence-electron chi connectivity index (χ2n) is 12.2. The third-order valence-corrected chi connectivity index (χ3v) is 9.28. The Bertz CT molecular complexity index is 2530. The van der Waals surface area contributed by atoms with Crippen molar-refractivity contribution in [3.8, 4) is 33.4 Å². The van der Waals surface area contributed by atoms with Crippen LogP contribution < -0.4 is 4.90 Å². The van der Waals surface area contributed by atoms with Crippen LogP contribution in [0.1, 0.15) is 0 Å². The minimum atomic E-state index is 0.898. The Labute approximate surface area is 279 Å². The first-order valence-electron chi connectivity index (χ1n) is 16.3. The number of nitrogens with zero attached hydrogens (tertiary/aromatic N) is 1. The number of para-hydroxylation sites is 1. The summed E-state index contributed by atoms with van der Waals surface area (Å²) in [4.78, 5) is 2.36. The van der Waals surface area contributed by atoms with Crippen molar-refractivity contribution in [2.24, 2.45) is 0 Å². The van der Waals surface area contributed by atoms with Gasteiger partial charge in [0.1, 0.15) is 11.2 Å². The maximum absolute atomic E-state index is 6.44. The molecule has 2 heteroatoms. The summed E-state index contributed by atoms with van der Waals surface area (Å²) in [5.41, 5.74) is 12.2. The molecule has 9 rings (SSSR count). The number of fused-ring (bicyclic) bond motifs is 4. The van der Waals surface area contributed by atoms with E-state index < -0.39 is 0 Å². The molecule has 0 radical (unpaired) electrons. The van der Waals surface area contributed by atoms with E-state index in [0.29, 0.717) is 0 Å². The standard InChI is InChI=1S/C46H31NO/c1-3-11-32(12-4-1)33-21-26-38(27-22-33)47(44-20-9-16-35-15-7-8-17-40(35)44)39-28-23-34(24-29-39)37-25-30-45-43(31-37)42-19-10-18-41(46(42)48-45)36-13-5-2-6-14-36/h1-31H. The molecule has 0 saturated carbocycles. The van der Waals surface area contributed by atoms with Crippen LogP contribution in [0, 0.1) is 0 Å². The van der Waals surface area contributed by atoms with Crippen LogP contribution in [0.3, 0.4) is 0 Å². The van der Waals surface area contributed by atoms with Gasteiger partial charge in [0.25, 0.3) is 0 Å². The molecule has 0 fully saturated rings. The molecule has 0 aliphatic heterocycles. The quantitative estimate of drug-likeness (QED) is 0.185. The van der Waals surface area contributed by atoms with E-state index in [9.17, 15) is 0 Å². The van der Waals surface area contributed by atoms with Gasteiger partial charge in [-0.1, -0.05) is 146 Å². The summed E-state index contributed by atoms with van der Waals surface area (Å²) in [6.45, 7) is 0. The number of hydrogen-bond acceptors (Lipinski definition) is 2. The largest absolute Gasteiger partial charge is 0.455 e. The average Bonchev–Trinajstić information content (AvgIpc) is 3.55. The molecule has 0 aliphatic rings. The van der Waals surface area contributed by atoms with Crippen molar-refractivity contribution >= 4 is 49.8 Å². The third kappa shape index (κ3) is 4.92. The molecule has 0 spiro atoms. The van der Waals surface area contributed by atoms with E-state index in [0.717, 1.165) is 61.3 Å².